The van der Waals surface area contributed by atoms with Crippen LogP contribution in [0.5, 0.6) is 0 Å². The second kappa shape index (κ2) is 5.92. The lowest BCUT2D eigenvalue weighted by Gasteiger charge is -2.18. The van der Waals surface area contributed by atoms with Gasteiger partial charge in [0.15, 0.2) is 5.65 Å². The van der Waals surface area contributed by atoms with Crippen LogP contribution in [0.15, 0.2) is 36.5 Å². The number of hydrogen-bond acceptors (Lipinski definition) is 4. The predicted molar refractivity (Wildman–Crippen MR) is 98.3 cm³/mol. The number of amides is 1. The normalized spacial score (nSPS) is 19.1. The van der Waals surface area contributed by atoms with E-state index in [0.29, 0.717) is 29.2 Å². The highest BCUT2D eigenvalue weighted by molar-refractivity contribution is 6.13. The average Bonchev–Trinajstić information content (AvgIpc) is 3.25. The van der Waals surface area contributed by atoms with Crippen LogP contribution in [0.2, 0.25) is 0 Å². The number of fused-ring (bicyclic) bond motifs is 2. The van der Waals surface area contributed by atoms with E-state index in [1.54, 1.807) is 17.2 Å². The van der Waals surface area contributed by atoms with E-state index in [1.807, 2.05) is 24.3 Å². The Balaban J connectivity index is 1.53. The summed E-state index contributed by atoms with van der Waals surface area (Å²) in [5, 5.41) is 9.68. The van der Waals surface area contributed by atoms with Crippen LogP contribution in [-0.4, -0.2) is 39.1 Å². The molecular weight excluding hydrogens is 328 g/mol. The molecule has 3 aromatic rings. The van der Waals surface area contributed by atoms with Crippen molar-refractivity contribution in [2.24, 2.45) is 5.92 Å². The average molecular weight is 348 g/mol. The minimum atomic E-state index is -0.0811. The fraction of sp³-hybridized carbons (Fsp3) is 0.350. The Bertz CT molecular complexity index is 992. The number of aliphatic hydroxyl groups is 1. The van der Waals surface area contributed by atoms with Crippen LogP contribution in [0.4, 0.5) is 5.69 Å². The molecule has 1 fully saturated rings. The monoisotopic (exact) mass is 348 g/mol. The molecule has 0 bridgehead atoms. The Morgan fingerprint density at radius 1 is 1.27 bits per heavy atom. The fourth-order valence-corrected chi connectivity index (χ4v) is 3.82. The number of aliphatic hydroxyl groups excluding tert-OH is 1. The standard InChI is InChI=1S/C20H20N4O2/c25-11-13-10-24(16-4-2-1-3-14(13)16)20(26)15-7-8-21-19-18(15)22-17(23-19)9-12-5-6-12/h1-4,7-8,12-13,25H,5-6,9-11H2,(H,21,22,23). The summed E-state index contributed by atoms with van der Waals surface area (Å²) in [7, 11) is 0. The highest BCUT2D eigenvalue weighted by Gasteiger charge is 2.33. The van der Waals surface area contributed by atoms with Crippen molar-refractivity contribution in [2.75, 3.05) is 18.1 Å². The molecule has 1 unspecified atom stereocenters. The van der Waals surface area contributed by atoms with E-state index in [4.69, 9.17) is 0 Å². The summed E-state index contributed by atoms with van der Waals surface area (Å²) in [4.78, 5) is 27.3. The highest BCUT2D eigenvalue weighted by Crippen LogP contribution is 2.37. The van der Waals surface area contributed by atoms with Gasteiger partial charge in [0, 0.05) is 30.8 Å². The Morgan fingerprint density at radius 3 is 2.92 bits per heavy atom. The molecule has 2 N–H and O–H groups in total. The van der Waals surface area contributed by atoms with Crippen LogP contribution in [0, 0.1) is 5.92 Å². The molecular formula is C20H20N4O2. The summed E-state index contributed by atoms with van der Waals surface area (Å²) >= 11 is 0. The van der Waals surface area contributed by atoms with Crippen LogP contribution >= 0.6 is 0 Å². The SMILES string of the molecule is O=C(c1ccnc2nc(CC3CC3)[nH]c12)N1CC(CO)c2ccccc21. The van der Waals surface area contributed by atoms with Gasteiger partial charge in [-0.15, -0.1) is 0 Å². The summed E-state index contributed by atoms with van der Waals surface area (Å²) in [6.07, 6.45) is 5.07. The molecule has 0 saturated heterocycles. The molecule has 1 aliphatic heterocycles. The van der Waals surface area contributed by atoms with Gasteiger partial charge in [0.2, 0.25) is 0 Å². The molecule has 26 heavy (non-hydrogen) atoms. The smallest absolute Gasteiger partial charge is 0.260 e. The number of rotatable bonds is 4. The molecule has 6 heteroatoms. The van der Waals surface area contributed by atoms with Gasteiger partial charge in [-0.2, -0.15) is 0 Å². The van der Waals surface area contributed by atoms with Gasteiger partial charge in [-0.25, -0.2) is 9.97 Å². The van der Waals surface area contributed by atoms with E-state index in [0.717, 1.165) is 23.5 Å². The lowest BCUT2D eigenvalue weighted by Crippen LogP contribution is -2.30. The van der Waals surface area contributed by atoms with E-state index in [9.17, 15) is 9.90 Å². The van der Waals surface area contributed by atoms with Crippen molar-refractivity contribution in [1.82, 2.24) is 15.0 Å². The molecule has 2 aromatic heterocycles. The zero-order valence-corrected chi connectivity index (χ0v) is 14.4. The zero-order chi connectivity index (χ0) is 17.7. The van der Waals surface area contributed by atoms with Crippen molar-refractivity contribution in [1.29, 1.82) is 0 Å². The van der Waals surface area contributed by atoms with Crippen LogP contribution in [-0.2, 0) is 6.42 Å². The highest BCUT2D eigenvalue weighted by atomic mass is 16.3. The first-order valence-corrected chi connectivity index (χ1v) is 9.10. The molecule has 132 valence electrons. The number of carbonyl (C=O) groups is 1. The number of hydrogen-bond donors (Lipinski definition) is 2. The molecule has 0 radical (unpaired) electrons. The van der Waals surface area contributed by atoms with Gasteiger partial charge in [-0.3, -0.25) is 4.79 Å². The maximum atomic E-state index is 13.3. The number of H-pyrrole nitrogens is 1. The Labute approximate surface area is 150 Å². The van der Waals surface area contributed by atoms with Crippen molar-refractivity contribution < 1.29 is 9.90 Å². The largest absolute Gasteiger partial charge is 0.396 e. The number of para-hydroxylation sites is 1. The van der Waals surface area contributed by atoms with Gasteiger partial charge < -0.3 is 15.0 Å². The van der Waals surface area contributed by atoms with Crippen molar-refractivity contribution in [3.63, 3.8) is 0 Å². The molecule has 6 nitrogen and oxygen atoms in total. The number of aromatic nitrogens is 3. The third-order valence-corrected chi connectivity index (χ3v) is 5.39. The topological polar surface area (TPSA) is 82.1 Å². The second-order valence-electron chi connectivity index (χ2n) is 7.24. The van der Waals surface area contributed by atoms with Gasteiger partial charge in [-0.1, -0.05) is 18.2 Å². The zero-order valence-electron chi connectivity index (χ0n) is 14.4. The molecule has 0 spiro atoms. The minimum absolute atomic E-state index is 0.0299. The number of pyridine rings is 1. The Hall–Kier alpha value is -2.73. The van der Waals surface area contributed by atoms with Gasteiger partial charge in [0.05, 0.1) is 17.7 Å². The van der Waals surface area contributed by atoms with E-state index in [2.05, 4.69) is 15.0 Å². The molecule has 1 aromatic carbocycles. The molecule has 5 rings (SSSR count). The number of aromatic amines is 1. The number of imidazole rings is 1. The van der Waals surface area contributed by atoms with E-state index >= 15 is 0 Å². The molecule has 2 aliphatic rings. The second-order valence-corrected chi connectivity index (χ2v) is 7.24. The number of nitrogens with one attached hydrogen (secondary N) is 1. The lowest BCUT2D eigenvalue weighted by molar-refractivity contribution is 0.0988. The maximum absolute atomic E-state index is 13.3. The molecule has 1 amide bonds. The molecule has 1 atom stereocenters. The van der Waals surface area contributed by atoms with Crippen molar-refractivity contribution in [2.45, 2.75) is 25.2 Å². The number of benzene rings is 1. The van der Waals surface area contributed by atoms with Gasteiger partial charge >= 0.3 is 0 Å². The van der Waals surface area contributed by atoms with E-state index < -0.39 is 0 Å². The number of carbonyl (C=O) groups excluding carboxylic acids is 1. The predicted octanol–water partition coefficient (Wildman–Crippen LogP) is 2.65. The minimum Gasteiger partial charge on any atom is -0.396 e. The summed E-state index contributed by atoms with van der Waals surface area (Å²) in [6, 6.07) is 9.53. The Morgan fingerprint density at radius 2 is 2.12 bits per heavy atom. The quantitative estimate of drug-likeness (QED) is 0.759. The van der Waals surface area contributed by atoms with Gasteiger partial charge in [-0.05, 0) is 36.5 Å². The fourth-order valence-electron chi connectivity index (χ4n) is 3.82. The van der Waals surface area contributed by atoms with Crippen LogP contribution in [0.3, 0.4) is 0 Å². The first-order chi connectivity index (χ1) is 12.7. The van der Waals surface area contributed by atoms with Crippen molar-refractivity contribution >= 4 is 22.8 Å². The lowest BCUT2D eigenvalue weighted by atomic mass is 10.0. The maximum Gasteiger partial charge on any atom is 0.260 e. The summed E-state index contributed by atoms with van der Waals surface area (Å²) in [5.74, 6) is 1.50. The summed E-state index contributed by atoms with van der Waals surface area (Å²) < 4.78 is 0. The van der Waals surface area contributed by atoms with Crippen molar-refractivity contribution in [3.05, 3.63) is 53.5 Å². The number of nitrogens with zero attached hydrogens (tertiary/aromatic N) is 3. The van der Waals surface area contributed by atoms with E-state index in [-0.39, 0.29) is 18.4 Å². The molecule has 3 heterocycles. The first-order valence-electron chi connectivity index (χ1n) is 9.10. The van der Waals surface area contributed by atoms with Crippen LogP contribution in [0.25, 0.3) is 11.2 Å². The first kappa shape index (κ1) is 15.5. The molecule has 1 saturated carbocycles. The van der Waals surface area contributed by atoms with E-state index in [1.165, 1.54) is 12.8 Å². The summed E-state index contributed by atoms with van der Waals surface area (Å²) in [5.41, 5.74) is 3.78. The third kappa shape index (κ3) is 2.49. The number of anilines is 1. The summed E-state index contributed by atoms with van der Waals surface area (Å²) in [6.45, 7) is 0.518. The van der Waals surface area contributed by atoms with Crippen LogP contribution < -0.4 is 4.90 Å². The molecule has 1 aliphatic carbocycles. The third-order valence-electron chi connectivity index (χ3n) is 5.39. The Kier molecular flexibility index (Phi) is 3.53. The van der Waals surface area contributed by atoms with Crippen LogP contribution in [0.1, 0.15) is 40.5 Å². The van der Waals surface area contributed by atoms with Crippen molar-refractivity contribution in [3.8, 4) is 0 Å². The van der Waals surface area contributed by atoms with Gasteiger partial charge in [0.1, 0.15) is 5.82 Å². The van der Waals surface area contributed by atoms with Gasteiger partial charge in [0.25, 0.3) is 5.91 Å².